The molecule has 0 aromatic heterocycles. The predicted octanol–water partition coefficient (Wildman–Crippen LogP) is 4.10. The first-order chi connectivity index (χ1) is 12.4. The van der Waals surface area contributed by atoms with Crippen molar-refractivity contribution in [2.45, 2.75) is 33.4 Å². The van der Waals surface area contributed by atoms with Gasteiger partial charge in [0.05, 0.1) is 19.8 Å². The SMILES string of the molecule is COc1cc(C(C)NC(=O)c2ccc(CN)cc2)ccc1OCC(C)C.Cl. The van der Waals surface area contributed by atoms with E-state index in [1.54, 1.807) is 19.2 Å². The average Bonchev–Trinajstić information content (AvgIpc) is 2.66. The van der Waals surface area contributed by atoms with Crippen LogP contribution in [0.4, 0.5) is 0 Å². The lowest BCUT2D eigenvalue weighted by molar-refractivity contribution is 0.0940. The number of nitrogens with one attached hydrogen (secondary N) is 1. The Kier molecular flexibility index (Phi) is 9.12. The highest BCUT2D eigenvalue weighted by Crippen LogP contribution is 2.30. The van der Waals surface area contributed by atoms with Gasteiger partial charge in [-0.05, 0) is 48.2 Å². The molecular formula is C21H29ClN2O3. The Bertz CT molecular complexity index is 733. The molecule has 1 unspecified atom stereocenters. The van der Waals surface area contributed by atoms with Crippen molar-refractivity contribution >= 4 is 18.3 Å². The number of nitrogens with two attached hydrogens (primary N) is 1. The summed E-state index contributed by atoms with van der Waals surface area (Å²) in [5, 5.41) is 3.00. The maximum atomic E-state index is 12.4. The van der Waals surface area contributed by atoms with E-state index in [4.69, 9.17) is 15.2 Å². The second-order valence-corrected chi connectivity index (χ2v) is 6.71. The van der Waals surface area contributed by atoms with E-state index in [2.05, 4.69) is 19.2 Å². The summed E-state index contributed by atoms with van der Waals surface area (Å²) >= 11 is 0. The van der Waals surface area contributed by atoms with Gasteiger partial charge in [0.1, 0.15) is 0 Å². The molecular weight excluding hydrogens is 364 g/mol. The Morgan fingerprint density at radius 2 is 1.74 bits per heavy atom. The van der Waals surface area contributed by atoms with Crippen molar-refractivity contribution in [1.82, 2.24) is 5.32 Å². The van der Waals surface area contributed by atoms with Crippen molar-refractivity contribution in [2.75, 3.05) is 13.7 Å². The van der Waals surface area contributed by atoms with E-state index >= 15 is 0 Å². The van der Waals surface area contributed by atoms with Crippen molar-refractivity contribution in [3.05, 3.63) is 59.2 Å². The lowest BCUT2D eigenvalue weighted by Crippen LogP contribution is -2.26. The first-order valence-corrected chi connectivity index (χ1v) is 8.85. The van der Waals surface area contributed by atoms with Crippen LogP contribution in [0.25, 0.3) is 0 Å². The summed E-state index contributed by atoms with van der Waals surface area (Å²) < 4.78 is 11.2. The zero-order chi connectivity index (χ0) is 19.1. The molecule has 0 aliphatic heterocycles. The smallest absolute Gasteiger partial charge is 0.251 e. The molecule has 6 heteroatoms. The standard InChI is InChI=1S/C21H28N2O3.ClH/c1-14(2)13-26-19-10-9-18(11-20(19)25-4)15(3)23-21(24)17-7-5-16(12-22)6-8-17;/h5-11,14-15H,12-13,22H2,1-4H3,(H,23,24);1H. The molecule has 3 N–H and O–H groups in total. The van der Waals surface area contributed by atoms with E-state index in [0.29, 0.717) is 36.1 Å². The van der Waals surface area contributed by atoms with Crippen LogP contribution in [0.2, 0.25) is 0 Å². The minimum absolute atomic E-state index is 0. The fourth-order valence-electron chi connectivity index (χ4n) is 2.48. The van der Waals surface area contributed by atoms with Gasteiger partial charge in [0, 0.05) is 12.1 Å². The molecule has 2 aromatic rings. The van der Waals surface area contributed by atoms with Gasteiger partial charge >= 0.3 is 0 Å². The zero-order valence-corrected chi connectivity index (χ0v) is 17.1. The van der Waals surface area contributed by atoms with Gasteiger partial charge in [-0.3, -0.25) is 4.79 Å². The molecule has 0 fully saturated rings. The topological polar surface area (TPSA) is 73.6 Å². The molecule has 1 atom stereocenters. The highest BCUT2D eigenvalue weighted by Gasteiger charge is 2.14. The molecule has 2 rings (SSSR count). The van der Waals surface area contributed by atoms with Crippen molar-refractivity contribution < 1.29 is 14.3 Å². The van der Waals surface area contributed by atoms with Gasteiger partial charge in [0.15, 0.2) is 11.5 Å². The summed E-state index contributed by atoms with van der Waals surface area (Å²) in [5.74, 6) is 1.68. The van der Waals surface area contributed by atoms with Crippen molar-refractivity contribution in [2.24, 2.45) is 11.7 Å². The Balaban J connectivity index is 0.00000364. The lowest BCUT2D eigenvalue weighted by atomic mass is 10.1. The number of methoxy groups -OCH3 is 1. The Morgan fingerprint density at radius 3 is 2.30 bits per heavy atom. The summed E-state index contributed by atoms with van der Waals surface area (Å²) in [4.78, 5) is 12.4. The highest BCUT2D eigenvalue weighted by atomic mass is 35.5. The number of ether oxygens (including phenoxy) is 2. The second-order valence-electron chi connectivity index (χ2n) is 6.71. The molecule has 0 saturated carbocycles. The Morgan fingerprint density at radius 1 is 1.07 bits per heavy atom. The molecule has 0 heterocycles. The number of amides is 1. The Hall–Kier alpha value is -2.24. The summed E-state index contributed by atoms with van der Waals surface area (Å²) in [6.45, 7) is 7.22. The van der Waals surface area contributed by atoms with Gasteiger partial charge in [-0.1, -0.05) is 32.0 Å². The third-order valence-corrected chi connectivity index (χ3v) is 4.06. The number of hydrogen-bond acceptors (Lipinski definition) is 4. The van der Waals surface area contributed by atoms with E-state index in [1.807, 2.05) is 37.3 Å². The second kappa shape index (κ2) is 10.8. The van der Waals surface area contributed by atoms with Crippen molar-refractivity contribution in [1.29, 1.82) is 0 Å². The summed E-state index contributed by atoms with van der Waals surface area (Å²) in [5.41, 5.74) is 8.14. The van der Waals surface area contributed by atoms with Gasteiger partial charge in [0.25, 0.3) is 5.91 Å². The van der Waals surface area contributed by atoms with Crippen LogP contribution in [0.3, 0.4) is 0 Å². The zero-order valence-electron chi connectivity index (χ0n) is 16.3. The molecule has 0 aliphatic carbocycles. The van der Waals surface area contributed by atoms with E-state index < -0.39 is 0 Å². The monoisotopic (exact) mass is 392 g/mol. The molecule has 1 amide bonds. The fraction of sp³-hybridized carbons (Fsp3) is 0.381. The van der Waals surface area contributed by atoms with Crippen LogP contribution in [0, 0.1) is 5.92 Å². The lowest BCUT2D eigenvalue weighted by Gasteiger charge is -2.18. The van der Waals surface area contributed by atoms with Crippen LogP contribution in [-0.4, -0.2) is 19.6 Å². The van der Waals surface area contributed by atoms with Crippen LogP contribution < -0.4 is 20.5 Å². The normalized spacial score (nSPS) is 11.5. The molecule has 2 aromatic carbocycles. The third kappa shape index (κ3) is 6.45. The van der Waals surface area contributed by atoms with E-state index in [0.717, 1.165) is 11.1 Å². The number of hydrogen-bond donors (Lipinski definition) is 2. The first-order valence-electron chi connectivity index (χ1n) is 8.85. The van der Waals surface area contributed by atoms with Gasteiger partial charge in [-0.25, -0.2) is 0 Å². The van der Waals surface area contributed by atoms with E-state index in [9.17, 15) is 4.79 Å². The van der Waals surface area contributed by atoms with Gasteiger partial charge in [-0.15, -0.1) is 12.4 Å². The molecule has 5 nitrogen and oxygen atoms in total. The molecule has 0 spiro atoms. The number of halogens is 1. The number of benzene rings is 2. The largest absolute Gasteiger partial charge is 0.493 e. The van der Waals surface area contributed by atoms with E-state index in [1.165, 1.54) is 0 Å². The van der Waals surface area contributed by atoms with Crippen LogP contribution in [0.5, 0.6) is 11.5 Å². The number of rotatable bonds is 8. The number of carbonyl (C=O) groups excluding carboxylic acids is 1. The molecule has 0 radical (unpaired) electrons. The van der Waals surface area contributed by atoms with Gasteiger partial charge < -0.3 is 20.5 Å². The summed E-state index contributed by atoms with van der Waals surface area (Å²) in [6, 6.07) is 12.9. The Labute approximate surface area is 167 Å². The average molecular weight is 393 g/mol. The van der Waals surface area contributed by atoms with Crippen molar-refractivity contribution in [3.63, 3.8) is 0 Å². The van der Waals surface area contributed by atoms with Crippen LogP contribution >= 0.6 is 12.4 Å². The first kappa shape index (κ1) is 22.8. The maximum absolute atomic E-state index is 12.4. The summed E-state index contributed by atoms with van der Waals surface area (Å²) in [6.07, 6.45) is 0. The molecule has 0 aliphatic rings. The van der Waals surface area contributed by atoms with Crippen LogP contribution in [-0.2, 0) is 6.54 Å². The number of carbonyl (C=O) groups is 1. The molecule has 148 valence electrons. The fourth-order valence-corrected chi connectivity index (χ4v) is 2.48. The minimum Gasteiger partial charge on any atom is -0.493 e. The molecule has 0 saturated heterocycles. The minimum atomic E-state index is -0.162. The quantitative estimate of drug-likeness (QED) is 0.709. The maximum Gasteiger partial charge on any atom is 0.251 e. The van der Waals surface area contributed by atoms with E-state index in [-0.39, 0.29) is 24.4 Å². The summed E-state index contributed by atoms with van der Waals surface area (Å²) in [7, 11) is 1.61. The molecule has 0 bridgehead atoms. The van der Waals surface area contributed by atoms with Gasteiger partial charge in [-0.2, -0.15) is 0 Å². The predicted molar refractivity (Wildman–Crippen MR) is 111 cm³/mol. The van der Waals surface area contributed by atoms with Crippen LogP contribution in [0.15, 0.2) is 42.5 Å². The highest BCUT2D eigenvalue weighted by molar-refractivity contribution is 5.94. The third-order valence-electron chi connectivity index (χ3n) is 4.06. The van der Waals surface area contributed by atoms with Crippen molar-refractivity contribution in [3.8, 4) is 11.5 Å². The van der Waals surface area contributed by atoms with Crippen LogP contribution in [0.1, 0.15) is 48.3 Å². The van der Waals surface area contributed by atoms with Gasteiger partial charge in [0.2, 0.25) is 0 Å². The molecule has 27 heavy (non-hydrogen) atoms.